The van der Waals surface area contributed by atoms with Crippen LogP contribution >= 0.6 is 23.2 Å². The lowest BCUT2D eigenvalue weighted by Crippen LogP contribution is -2.38. The van der Waals surface area contributed by atoms with Crippen LogP contribution < -0.4 is 4.90 Å². The molecule has 1 aliphatic rings. The van der Waals surface area contributed by atoms with Crippen LogP contribution in [-0.4, -0.2) is 27.4 Å². The third-order valence-corrected chi connectivity index (χ3v) is 5.88. The number of hydrogen-bond acceptors (Lipinski definition) is 3. The topological polar surface area (TPSA) is 34.0 Å². The van der Waals surface area contributed by atoms with Gasteiger partial charge < -0.3 is 4.90 Å². The Labute approximate surface area is 170 Å². The normalized spacial score (nSPS) is 13.7. The summed E-state index contributed by atoms with van der Waals surface area (Å²) in [5, 5.41) is 7.22. The van der Waals surface area contributed by atoms with E-state index in [0.29, 0.717) is 16.1 Å². The van der Waals surface area contributed by atoms with E-state index < -0.39 is 0 Å². The van der Waals surface area contributed by atoms with Gasteiger partial charge in [-0.2, -0.15) is 5.10 Å². The van der Waals surface area contributed by atoms with Crippen molar-refractivity contribution in [2.45, 2.75) is 52.0 Å². The van der Waals surface area contributed by atoms with Crippen molar-refractivity contribution in [1.29, 1.82) is 0 Å². The smallest absolute Gasteiger partial charge is 0.165 e. The van der Waals surface area contributed by atoms with Crippen molar-refractivity contribution < 1.29 is 0 Å². The summed E-state index contributed by atoms with van der Waals surface area (Å²) < 4.78 is 1.87. The zero-order valence-electron chi connectivity index (χ0n) is 15.8. The van der Waals surface area contributed by atoms with E-state index in [9.17, 15) is 0 Å². The van der Waals surface area contributed by atoms with Gasteiger partial charge in [0, 0.05) is 30.2 Å². The first kappa shape index (κ1) is 18.6. The zero-order valence-corrected chi connectivity index (χ0v) is 17.3. The summed E-state index contributed by atoms with van der Waals surface area (Å²) >= 11 is 12.5. The maximum absolute atomic E-state index is 6.45. The average Bonchev–Trinajstić information content (AvgIpc) is 3.02. The second-order valence-corrected chi connectivity index (χ2v) is 8.00. The molecule has 0 aliphatic carbocycles. The van der Waals surface area contributed by atoms with Gasteiger partial charge in [-0.1, -0.05) is 49.9 Å². The third-order valence-electron chi connectivity index (χ3n) is 5.34. The molecule has 1 aliphatic heterocycles. The molecule has 27 heavy (non-hydrogen) atoms. The molecule has 0 fully saturated rings. The molecule has 3 aromatic rings. The highest BCUT2D eigenvalue weighted by Gasteiger charge is 2.28. The van der Waals surface area contributed by atoms with Gasteiger partial charge in [-0.3, -0.25) is 0 Å². The van der Waals surface area contributed by atoms with Gasteiger partial charge in [-0.25, -0.2) is 9.67 Å². The summed E-state index contributed by atoms with van der Waals surface area (Å²) in [7, 11) is 0. The van der Waals surface area contributed by atoms with Crippen LogP contribution in [0.2, 0.25) is 10.0 Å². The Balaban J connectivity index is 1.85. The van der Waals surface area contributed by atoms with Crippen molar-refractivity contribution in [2.75, 3.05) is 11.4 Å². The highest BCUT2D eigenvalue weighted by molar-refractivity contribution is 6.35. The van der Waals surface area contributed by atoms with Gasteiger partial charge in [-0.15, -0.1) is 0 Å². The highest BCUT2D eigenvalue weighted by atomic mass is 35.5. The Morgan fingerprint density at radius 1 is 1.07 bits per heavy atom. The van der Waals surface area contributed by atoms with E-state index in [-0.39, 0.29) is 0 Å². The van der Waals surface area contributed by atoms with Crippen molar-refractivity contribution in [3.8, 4) is 5.69 Å². The molecule has 0 N–H and O–H groups in total. The van der Waals surface area contributed by atoms with Crippen LogP contribution in [0.1, 0.15) is 45.2 Å². The quantitative estimate of drug-likeness (QED) is 0.502. The maximum atomic E-state index is 6.45. The summed E-state index contributed by atoms with van der Waals surface area (Å²) in [6.07, 6.45) is 7.63. The molecule has 142 valence electrons. The van der Waals surface area contributed by atoms with E-state index >= 15 is 0 Å². The lowest BCUT2D eigenvalue weighted by Gasteiger charge is -2.36. The van der Waals surface area contributed by atoms with Crippen LogP contribution in [0.15, 0.2) is 30.5 Å². The van der Waals surface area contributed by atoms with Crippen molar-refractivity contribution >= 4 is 39.9 Å². The first-order chi connectivity index (χ1) is 13.1. The van der Waals surface area contributed by atoms with E-state index in [0.717, 1.165) is 35.4 Å². The van der Waals surface area contributed by atoms with Gasteiger partial charge in [0.15, 0.2) is 5.65 Å². The van der Waals surface area contributed by atoms with Crippen molar-refractivity contribution in [3.05, 3.63) is 46.2 Å². The molecule has 4 rings (SSSR count). The van der Waals surface area contributed by atoms with Crippen LogP contribution in [0.3, 0.4) is 0 Å². The van der Waals surface area contributed by atoms with Gasteiger partial charge >= 0.3 is 0 Å². The number of aromatic nitrogens is 3. The second kappa shape index (κ2) is 7.69. The maximum Gasteiger partial charge on any atom is 0.165 e. The molecular weight excluding hydrogens is 379 g/mol. The van der Waals surface area contributed by atoms with Gasteiger partial charge in [-0.05, 0) is 37.1 Å². The first-order valence-electron chi connectivity index (χ1n) is 9.72. The van der Waals surface area contributed by atoms with Gasteiger partial charge in [0.25, 0.3) is 0 Å². The SMILES string of the molecule is CCCC(CCC)N1CCc2nn(-c3ccc(Cl)cc3Cl)c3nccc1c23. The van der Waals surface area contributed by atoms with Crippen LogP contribution in [-0.2, 0) is 6.42 Å². The lowest BCUT2D eigenvalue weighted by atomic mass is 9.99. The minimum Gasteiger partial charge on any atom is -0.367 e. The van der Waals surface area contributed by atoms with Crippen molar-refractivity contribution in [2.24, 2.45) is 0 Å². The van der Waals surface area contributed by atoms with Crippen LogP contribution in [0.5, 0.6) is 0 Å². The Morgan fingerprint density at radius 2 is 1.85 bits per heavy atom. The fourth-order valence-corrected chi connectivity index (χ4v) is 4.67. The van der Waals surface area contributed by atoms with Gasteiger partial charge in [0.1, 0.15) is 0 Å². The van der Waals surface area contributed by atoms with E-state index in [4.69, 9.17) is 28.3 Å². The molecule has 0 saturated carbocycles. The summed E-state index contributed by atoms with van der Waals surface area (Å²) in [4.78, 5) is 7.22. The van der Waals surface area contributed by atoms with Gasteiger partial charge in [0.2, 0.25) is 0 Å². The standard InChI is InChI=1S/C21H24Cl2N4/c1-3-5-15(6-4-2)26-12-10-17-20-19(26)9-11-24-21(20)27(25-17)18-8-7-14(22)13-16(18)23/h7-9,11,13,15H,3-6,10,12H2,1-2H3. The molecule has 0 saturated heterocycles. The molecule has 6 heteroatoms. The van der Waals surface area contributed by atoms with Gasteiger partial charge in [0.05, 0.1) is 27.5 Å². The third kappa shape index (κ3) is 3.30. The number of hydrogen-bond donors (Lipinski definition) is 0. The molecule has 1 aromatic carbocycles. The monoisotopic (exact) mass is 402 g/mol. The van der Waals surface area contributed by atoms with E-state index in [2.05, 4.69) is 29.8 Å². The molecule has 0 radical (unpaired) electrons. The molecular formula is C21H24Cl2N4. The number of benzene rings is 1. The molecule has 0 atom stereocenters. The number of pyridine rings is 1. The molecule has 2 aromatic heterocycles. The summed E-state index contributed by atoms with van der Waals surface area (Å²) in [6, 6.07) is 8.20. The van der Waals surface area contributed by atoms with Crippen molar-refractivity contribution in [1.82, 2.24) is 14.8 Å². The fraction of sp³-hybridized carbons (Fsp3) is 0.429. The number of anilines is 1. The Bertz CT molecular complexity index is 960. The lowest BCUT2D eigenvalue weighted by molar-refractivity contribution is 0.501. The van der Waals surface area contributed by atoms with E-state index in [1.165, 1.54) is 31.4 Å². The van der Waals surface area contributed by atoms with E-state index in [1.54, 1.807) is 6.07 Å². The molecule has 3 heterocycles. The Kier molecular flexibility index (Phi) is 5.29. The minimum absolute atomic E-state index is 0.571. The zero-order chi connectivity index (χ0) is 19.0. The molecule has 0 bridgehead atoms. The second-order valence-electron chi connectivity index (χ2n) is 7.16. The largest absolute Gasteiger partial charge is 0.367 e. The number of halogens is 2. The fourth-order valence-electron chi connectivity index (χ4n) is 4.18. The predicted molar refractivity (Wildman–Crippen MR) is 114 cm³/mol. The average molecular weight is 403 g/mol. The van der Waals surface area contributed by atoms with Crippen molar-refractivity contribution in [3.63, 3.8) is 0 Å². The number of nitrogens with zero attached hydrogens (tertiary/aromatic N) is 4. The molecule has 0 unspecified atom stereocenters. The van der Waals surface area contributed by atoms with E-state index in [1.807, 2.05) is 23.0 Å². The van der Waals surface area contributed by atoms with Crippen LogP contribution in [0.4, 0.5) is 5.69 Å². The summed E-state index contributed by atoms with van der Waals surface area (Å²) in [5.74, 6) is 0. The minimum atomic E-state index is 0.571. The highest BCUT2D eigenvalue weighted by Crippen LogP contribution is 2.37. The summed E-state index contributed by atoms with van der Waals surface area (Å²) in [6.45, 7) is 5.53. The first-order valence-corrected chi connectivity index (χ1v) is 10.5. The molecule has 0 spiro atoms. The van der Waals surface area contributed by atoms with Crippen LogP contribution in [0.25, 0.3) is 16.7 Å². The van der Waals surface area contributed by atoms with Crippen LogP contribution in [0, 0.1) is 0 Å². The summed E-state index contributed by atoms with van der Waals surface area (Å²) in [5.41, 5.74) is 4.03. The predicted octanol–water partition coefficient (Wildman–Crippen LogP) is 6.06. The molecule has 4 nitrogen and oxygen atoms in total. The molecule has 0 amide bonds. The Hall–Kier alpha value is -1.78. The Morgan fingerprint density at radius 3 is 2.56 bits per heavy atom. The number of rotatable bonds is 6.